The second-order valence-corrected chi connectivity index (χ2v) is 5.50. The molecular formula is C13H19ClN2O. The topological polar surface area (TPSA) is 44.1 Å². The zero-order chi connectivity index (χ0) is 13.2. The van der Waals surface area contributed by atoms with Crippen LogP contribution >= 0.6 is 11.6 Å². The monoisotopic (exact) mass is 254 g/mol. The molecule has 17 heavy (non-hydrogen) atoms. The minimum atomic E-state index is -0.646. The van der Waals surface area contributed by atoms with Crippen molar-refractivity contribution in [2.75, 3.05) is 7.05 Å². The second-order valence-electron chi connectivity index (χ2n) is 5.03. The average Bonchev–Trinajstić information content (AvgIpc) is 2.30. The number of alkyl halides is 1. The Morgan fingerprint density at radius 3 is 2.76 bits per heavy atom. The average molecular weight is 255 g/mol. The van der Waals surface area contributed by atoms with Gasteiger partial charge in [0.1, 0.15) is 5.38 Å². The predicted molar refractivity (Wildman–Crippen MR) is 68.2 cm³/mol. The Balaban J connectivity index is 2.88. The summed E-state index contributed by atoms with van der Waals surface area (Å²) in [4.78, 5) is 12.9. The van der Waals surface area contributed by atoms with E-state index in [2.05, 4.69) is 26.8 Å². The molecular weight excluding hydrogens is 236 g/mol. The molecule has 0 heterocycles. The lowest BCUT2D eigenvalue weighted by Crippen LogP contribution is -2.39. The Bertz CT molecular complexity index is 372. The highest BCUT2D eigenvalue weighted by Gasteiger charge is 2.35. The minimum Gasteiger partial charge on any atom is -0.272 e. The summed E-state index contributed by atoms with van der Waals surface area (Å²) in [7, 11) is 1.45. The number of nitrogens with zero attached hydrogens (tertiary/aromatic N) is 2. The van der Waals surface area contributed by atoms with Gasteiger partial charge in [-0.05, 0) is 25.2 Å². The van der Waals surface area contributed by atoms with Crippen LogP contribution in [0.15, 0.2) is 11.6 Å². The van der Waals surface area contributed by atoms with Crippen LogP contribution in [0.4, 0.5) is 0 Å². The van der Waals surface area contributed by atoms with Crippen LogP contribution in [0.25, 0.3) is 0 Å². The van der Waals surface area contributed by atoms with Gasteiger partial charge in [0, 0.05) is 13.0 Å². The first-order chi connectivity index (χ1) is 7.88. The van der Waals surface area contributed by atoms with Crippen LogP contribution in [0, 0.1) is 29.2 Å². The number of allylic oxidation sites excluding steroid dienone is 2. The smallest absolute Gasteiger partial charge is 0.253 e. The zero-order valence-corrected chi connectivity index (χ0v) is 11.5. The second kappa shape index (κ2) is 5.55. The van der Waals surface area contributed by atoms with Crippen molar-refractivity contribution in [2.45, 2.75) is 32.6 Å². The van der Waals surface area contributed by atoms with Crippen LogP contribution in [0.5, 0.6) is 0 Å². The number of halogens is 1. The molecule has 0 spiro atoms. The Morgan fingerprint density at radius 1 is 1.65 bits per heavy atom. The normalized spacial score (nSPS) is 30.1. The Hall–Kier alpha value is -1.01. The molecule has 0 aromatic carbocycles. The molecule has 0 aromatic heterocycles. The molecule has 0 radical (unpaired) electrons. The van der Waals surface area contributed by atoms with Crippen LogP contribution in [-0.4, -0.2) is 23.2 Å². The van der Waals surface area contributed by atoms with Crippen molar-refractivity contribution in [3.8, 4) is 6.19 Å². The van der Waals surface area contributed by atoms with Gasteiger partial charge in [-0.2, -0.15) is 5.26 Å². The van der Waals surface area contributed by atoms with Gasteiger partial charge in [0.25, 0.3) is 5.91 Å². The summed E-state index contributed by atoms with van der Waals surface area (Å²) in [6.45, 7) is 6.36. The Morgan fingerprint density at radius 2 is 2.24 bits per heavy atom. The molecule has 0 saturated carbocycles. The molecule has 3 nitrogen and oxygen atoms in total. The summed E-state index contributed by atoms with van der Waals surface area (Å²) in [5.74, 6) is 0.580. The van der Waals surface area contributed by atoms with Gasteiger partial charge in [-0.25, -0.2) is 0 Å². The van der Waals surface area contributed by atoms with Crippen molar-refractivity contribution >= 4 is 17.5 Å². The quantitative estimate of drug-likeness (QED) is 0.329. The number of amides is 1. The molecule has 1 rings (SSSR count). The van der Waals surface area contributed by atoms with Gasteiger partial charge in [-0.1, -0.05) is 25.5 Å². The number of hydrogen-bond acceptors (Lipinski definition) is 2. The first kappa shape index (κ1) is 14.1. The van der Waals surface area contributed by atoms with Crippen LogP contribution < -0.4 is 0 Å². The zero-order valence-electron chi connectivity index (χ0n) is 10.8. The molecule has 0 saturated heterocycles. The third-order valence-electron chi connectivity index (χ3n) is 3.68. The number of rotatable bonds is 2. The van der Waals surface area contributed by atoms with Crippen molar-refractivity contribution < 1.29 is 4.79 Å². The van der Waals surface area contributed by atoms with Crippen molar-refractivity contribution in [2.24, 2.45) is 17.8 Å². The fourth-order valence-electron chi connectivity index (χ4n) is 2.37. The van der Waals surface area contributed by atoms with Crippen molar-refractivity contribution in [1.29, 1.82) is 5.26 Å². The van der Waals surface area contributed by atoms with E-state index >= 15 is 0 Å². The van der Waals surface area contributed by atoms with E-state index in [9.17, 15) is 4.79 Å². The van der Waals surface area contributed by atoms with Crippen LogP contribution in [-0.2, 0) is 4.79 Å². The first-order valence-corrected chi connectivity index (χ1v) is 6.30. The number of carbonyl (C=O) groups is 1. The fraction of sp³-hybridized carbons (Fsp3) is 0.692. The van der Waals surface area contributed by atoms with E-state index in [1.165, 1.54) is 12.6 Å². The van der Waals surface area contributed by atoms with E-state index < -0.39 is 5.38 Å². The highest BCUT2D eigenvalue weighted by molar-refractivity contribution is 6.31. The molecule has 1 aliphatic rings. The maximum absolute atomic E-state index is 11.9. The number of nitriles is 1. The summed E-state index contributed by atoms with van der Waals surface area (Å²) in [5.41, 5.74) is 1.28. The molecule has 4 unspecified atom stereocenters. The number of carbonyl (C=O) groups excluding carboxylic acids is 1. The third-order valence-corrected chi connectivity index (χ3v) is 4.16. The first-order valence-electron chi connectivity index (χ1n) is 5.87. The number of hydrogen-bond donors (Lipinski definition) is 0. The Kier molecular flexibility index (Phi) is 4.59. The van der Waals surface area contributed by atoms with Crippen molar-refractivity contribution in [3.63, 3.8) is 0 Å². The largest absolute Gasteiger partial charge is 0.272 e. The summed E-state index contributed by atoms with van der Waals surface area (Å²) >= 11 is 6.22. The molecule has 4 atom stereocenters. The molecule has 0 N–H and O–H groups in total. The van der Waals surface area contributed by atoms with Gasteiger partial charge in [0.2, 0.25) is 0 Å². The van der Waals surface area contributed by atoms with Gasteiger partial charge in [-0.15, -0.1) is 11.6 Å². The molecule has 0 aromatic rings. The highest BCUT2D eigenvalue weighted by atomic mass is 35.5. The minimum absolute atomic E-state index is 0.0173. The van der Waals surface area contributed by atoms with E-state index in [1.54, 1.807) is 6.19 Å². The fourth-order valence-corrected chi connectivity index (χ4v) is 2.82. The lowest BCUT2D eigenvalue weighted by Gasteiger charge is -2.34. The van der Waals surface area contributed by atoms with E-state index in [-0.39, 0.29) is 11.8 Å². The van der Waals surface area contributed by atoms with Crippen molar-refractivity contribution in [3.05, 3.63) is 11.6 Å². The Labute approximate surface area is 108 Å². The molecule has 0 fully saturated rings. The van der Waals surface area contributed by atoms with Gasteiger partial charge < -0.3 is 0 Å². The summed E-state index contributed by atoms with van der Waals surface area (Å²) in [6.07, 6.45) is 4.95. The summed E-state index contributed by atoms with van der Waals surface area (Å²) in [6, 6.07) is 0. The van der Waals surface area contributed by atoms with Crippen LogP contribution in [0.3, 0.4) is 0 Å². The standard InChI is InChI=1S/C13H19ClN2O/c1-8-5-9(2)10(3)11(6-8)12(14)13(17)16(4)7-15/h6,9-12H,5H2,1-4H3. The van der Waals surface area contributed by atoms with Crippen molar-refractivity contribution in [1.82, 2.24) is 4.90 Å². The third kappa shape index (κ3) is 3.01. The van der Waals surface area contributed by atoms with E-state index in [0.29, 0.717) is 11.8 Å². The summed E-state index contributed by atoms with van der Waals surface area (Å²) < 4.78 is 0. The predicted octanol–water partition coefficient (Wildman–Crippen LogP) is 2.77. The maximum atomic E-state index is 11.9. The summed E-state index contributed by atoms with van der Waals surface area (Å²) in [5, 5.41) is 8.06. The molecule has 0 aliphatic heterocycles. The highest BCUT2D eigenvalue weighted by Crippen LogP contribution is 2.37. The lowest BCUT2D eigenvalue weighted by atomic mass is 9.73. The van der Waals surface area contributed by atoms with Gasteiger partial charge in [0.05, 0.1) is 0 Å². The molecule has 94 valence electrons. The van der Waals surface area contributed by atoms with E-state index in [1.807, 2.05) is 0 Å². The van der Waals surface area contributed by atoms with E-state index in [4.69, 9.17) is 16.9 Å². The van der Waals surface area contributed by atoms with E-state index in [0.717, 1.165) is 11.3 Å². The lowest BCUT2D eigenvalue weighted by molar-refractivity contribution is -0.127. The molecule has 4 heteroatoms. The van der Waals surface area contributed by atoms with Crippen LogP contribution in [0.1, 0.15) is 27.2 Å². The van der Waals surface area contributed by atoms with Gasteiger partial charge >= 0.3 is 0 Å². The maximum Gasteiger partial charge on any atom is 0.253 e. The van der Waals surface area contributed by atoms with Gasteiger partial charge in [-0.3, -0.25) is 9.69 Å². The van der Waals surface area contributed by atoms with Gasteiger partial charge in [0.15, 0.2) is 6.19 Å². The molecule has 0 bridgehead atoms. The molecule has 1 aliphatic carbocycles. The van der Waals surface area contributed by atoms with Crippen LogP contribution in [0.2, 0.25) is 0 Å². The SMILES string of the molecule is CC1=CC(C(Cl)C(=O)N(C)C#N)C(C)C(C)C1. The molecule has 1 amide bonds.